The topological polar surface area (TPSA) is 131 Å². The number of ether oxygens (including phenoxy) is 1. The van der Waals surface area contributed by atoms with Crippen LogP contribution < -0.4 is 16.4 Å². The summed E-state index contributed by atoms with van der Waals surface area (Å²) in [5.74, 6) is -8.53. The molecule has 0 heterocycles. The molecule has 0 saturated heterocycles. The van der Waals surface area contributed by atoms with Crippen molar-refractivity contribution in [3.05, 3.63) is 35.9 Å². The summed E-state index contributed by atoms with van der Waals surface area (Å²) in [5, 5.41) is 14.5. The average molecular weight is 458 g/mol. The Hall–Kier alpha value is -2.59. The molecule has 0 radical (unpaired) electrons. The number of halogens is 2. The first-order chi connectivity index (χ1) is 14.8. The summed E-state index contributed by atoms with van der Waals surface area (Å²) < 4.78 is 34.0. The molecule has 2 unspecified atom stereocenters. The molecule has 10 heteroatoms. The normalized spacial score (nSPS) is 15.6. The Morgan fingerprint density at radius 2 is 1.56 bits per heavy atom. The first kappa shape index (κ1) is 27.4. The van der Waals surface area contributed by atoms with Crippen LogP contribution in [0.4, 0.5) is 8.78 Å². The molecule has 180 valence electrons. The highest BCUT2D eigenvalue weighted by Crippen LogP contribution is 2.23. The lowest BCUT2D eigenvalue weighted by Crippen LogP contribution is -2.61. The van der Waals surface area contributed by atoms with Crippen LogP contribution in [-0.2, 0) is 25.5 Å². The number of carbonyl (C=O) groups excluding carboxylic acids is 3. The highest BCUT2D eigenvalue weighted by molar-refractivity contribution is 5.93. The number of carbonyl (C=O) groups is 3. The first-order valence-electron chi connectivity index (χ1n) is 10.4. The highest BCUT2D eigenvalue weighted by atomic mass is 19.3. The molecule has 0 aliphatic carbocycles. The lowest BCUT2D eigenvalue weighted by Gasteiger charge is -2.30. The number of amides is 2. The van der Waals surface area contributed by atoms with Crippen LogP contribution in [-0.4, -0.2) is 60.2 Å². The zero-order valence-corrected chi connectivity index (χ0v) is 19.0. The Labute approximate surface area is 186 Å². The summed E-state index contributed by atoms with van der Waals surface area (Å²) in [6, 6.07) is 4.65. The van der Waals surface area contributed by atoms with E-state index >= 15 is 0 Å². The van der Waals surface area contributed by atoms with Crippen molar-refractivity contribution < 1.29 is 33.0 Å². The molecule has 5 N–H and O–H groups in total. The van der Waals surface area contributed by atoms with E-state index in [1.54, 1.807) is 58.0 Å². The summed E-state index contributed by atoms with van der Waals surface area (Å²) in [7, 11) is 1.16. The molecule has 0 fully saturated rings. The minimum absolute atomic E-state index is 0.0752. The van der Waals surface area contributed by atoms with Gasteiger partial charge in [0, 0.05) is 6.04 Å². The Morgan fingerprint density at radius 3 is 2.03 bits per heavy atom. The van der Waals surface area contributed by atoms with E-state index in [9.17, 15) is 28.3 Å². The van der Waals surface area contributed by atoms with Crippen LogP contribution in [0.25, 0.3) is 0 Å². The minimum atomic E-state index is -4.25. The second-order valence-electron chi connectivity index (χ2n) is 8.37. The number of hydrogen-bond acceptors (Lipinski definition) is 6. The third-order valence-corrected chi connectivity index (χ3v) is 5.05. The maximum atomic E-state index is 14.7. The molecule has 0 aliphatic heterocycles. The van der Waals surface area contributed by atoms with Crippen molar-refractivity contribution in [2.75, 3.05) is 7.11 Å². The van der Waals surface area contributed by atoms with E-state index in [0.717, 1.165) is 7.11 Å². The van der Waals surface area contributed by atoms with Gasteiger partial charge in [0.1, 0.15) is 18.2 Å². The van der Waals surface area contributed by atoms with Gasteiger partial charge in [-0.3, -0.25) is 9.59 Å². The Bertz CT molecular complexity index is 774. The Kier molecular flexibility index (Phi) is 10.2. The zero-order chi connectivity index (χ0) is 24.6. The number of benzene rings is 1. The molecule has 1 aromatic carbocycles. The molecule has 0 aliphatic rings. The van der Waals surface area contributed by atoms with Gasteiger partial charge in [-0.05, 0) is 23.8 Å². The molecule has 0 aromatic heterocycles. The number of nitrogens with two attached hydrogens (primary N) is 1. The van der Waals surface area contributed by atoms with Crippen molar-refractivity contribution in [3.8, 4) is 0 Å². The lowest BCUT2D eigenvalue weighted by molar-refractivity contribution is -0.167. The average Bonchev–Trinajstić information content (AvgIpc) is 2.74. The van der Waals surface area contributed by atoms with Gasteiger partial charge in [0.2, 0.25) is 5.91 Å². The molecule has 4 atom stereocenters. The van der Waals surface area contributed by atoms with Crippen LogP contribution in [0.2, 0.25) is 0 Å². The van der Waals surface area contributed by atoms with E-state index < -0.39 is 53.9 Å². The van der Waals surface area contributed by atoms with Crippen LogP contribution in [0, 0.1) is 11.8 Å². The number of alkyl halides is 2. The van der Waals surface area contributed by atoms with E-state index in [2.05, 4.69) is 10.1 Å². The zero-order valence-electron chi connectivity index (χ0n) is 19.0. The Balaban J connectivity index is 2.92. The second-order valence-corrected chi connectivity index (χ2v) is 8.37. The fourth-order valence-corrected chi connectivity index (χ4v) is 3.04. The summed E-state index contributed by atoms with van der Waals surface area (Å²) in [6.45, 7) is 6.43. The monoisotopic (exact) mass is 457 g/mol. The number of rotatable bonds is 11. The smallest absolute Gasteiger partial charge is 0.351 e. The third-order valence-electron chi connectivity index (χ3n) is 5.05. The van der Waals surface area contributed by atoms with Gasteiger partial charge in [-0.2, -0.15) is 8.78 Å². The molecule has 0 spiro atoms. The fraction of sp³-hybridized carbons (Fsp3) is 0.591. The van der Waals surface area contributed by atoms with Crippen molar-refractivity contribution >= 4 is 17.8 Å². The van der Waals surface area contributed by atoms with Gasteiger partial charge in [-0.25, -0.2) is 4.79 Å². The predicted molar refractivity (Wildman–Crippen MR) is 115 cm³/mol. The maximum absolute atomic E-state index is 14.7. The van der Waals surface area contributed by atoms with Crippen LogP contribution >= 0.6 is 0 Å². The fourth-order valence-electron chi connectivity index (χ4n) is 3.04. The molecule has 0 bridgehead atoms. The SMILES string of the molecule is COC(=O)C(NC(=O)C(NC(=O)C(F)(F)[C@H](O)[C@@H](N)Cc1ccccc1)C(C)C)C(C)C. The third kappa shape index (κ3) is 7.23. The van der Waals surface area contributed by atoms with Crippen LogP contribution in [0.15, 0.2) is 30.3 Å². The van der Waals surface area contributed by atoms with Gasteiger partial charge in [-0.15, -0.1) is 0 Å². The van der Waals surface area contributed by atoms with E-state index in [1.165, 1.54) is 0 Å². The highest BCUT2D eigenvalue weighted by Gasteiger charge is 2.50. The van der Waals surface area contributed by atoms with Crippen molar-refractivity contribution in [1.29, 1.82) is 0 Å². The quantitative estimate of drug-likeness (QED) is 0.367. The van der Waals surface area contributed by atoms with Crippen molar-refractivity contribution in [1.82, 2.24) is 10.6 Å². The van der Waals surface area contributed by atoms with Crippen molar-refractivity contribution in [2.45, 2.75) is 64.3 Å². The standard InChI is InChI=1S/C22H33F2N3O5/c1-12(2)16(19(29)26-17(13(3)4)20(30)32-5)27-21(31)22(23,24)18(28)15(25)11-14-9-7-6-8-10-14/h6-10,12-13,15-18,28H,11,25H2,1-5H3,(H,26,29)(H,27,31)/t15-,16?,17?,18+/m0/s1. The molecule has 2 amide bonds. The van der Waals surface area contributed by atoms with E-state index in [1.807, 2.05) is 5.32 Å². The predicted octanol–water partition coefficient (Wildman–Crippen LogP) is 1.01. The van der Waals surface area contributed by atoms with Gasteiger partial charge in [-0.1, -0.05) is 58.0 Å². The molecule has 1 aromatic rings. The molecule has 32 heavy (non-hydrogen) atoms. The molecule has 8 nitrogen and oxygen atoms in total. The molecule has 0 saturated carbocycles. The number of aliphatic hydroxyl groups is 1. The maximum Gasteiger partial charge on any atom is 0.351 e. The van der Waals surface area contributed by atoms with Gasteiger partial charge in [0.05, 0.1) is 7.11 Å². The number of esters is 1. The number of hydrogen-bond donors (Lipinski definition) is 4. The van der Waals surface area contributed by atoms with Gasteiger partial charge >= 0.3 is 11.9 Å². The number of nitrogens with one attached hydrogen (secondary N) is 2. The second kappa shape index (κ2) is 11.9. The molecule has 1 rings (SSSR count). The van der Waals surface area contributed by atoms with Crippen molar-refractivity contribution in [3.63, 3.8) is 0 Å². The number of aliphatic hydroxyl groups excluding tert-OH is 1. The lowest BCUT2D eigenvalue weighted by atomic mass is 9.96. The van der Waals surface area contributed by atoms with Crippen LogP contribution in [0.1, 0.15) is 33.3 Å². The van der Waals surface area contributed by atoms with Crippen LogP contribution in [0.5, 0.6) is 0 Å². The first-order valence-corrected chi connectivity index (χ1v) is 10.4. The summed E-state index contributed by atoms with van der Waals surface area (Å²) >= 11 is 0. The van der Waals surface area contributed by atoms with Crippen molar-refractivity contribution in [2.24, 2.45) is 17.6 Å². The van der Waals surface area contributed by atoms with Gasteiger partial charge in [0.25, 0.3) is 5.91 Å². The Morgan fingerprint density at radius 1 is 1.03 bits per heavy atom. The van der Waals surface area contributed by atoms with Crippen LogP contribution in [0.3, 0.4) is 0 Å². The largest absolute Gasteiger partial charge is 0.467 e. The van der Waals surface area contributed by atoms with E-state index in [0.29, 0.717) is 5.56 Å². The summed E-state index contributed by atoms with van der Waals surface area (Å²) in [6.07, 6.45) is -2.55. The van der Waals surface area contributed by atoms with E-state index in [-0.39, 0.29) is 12.3 Å². The van der Waals surface area contributed by atoms with E-state index in [4.69, 9.17) is 5.73 Å². The molecular formula is C22H33F2N3O5. The minimum Gasteiger partial charge on any atom is -0.467 e. The summed E-state index contributed by atoms with van der Waals surface area (Å²) in [5.41, 5.74) is 6.35. The molecular weight excluding hydrogens is 424 g/mol. The number of methoxy groups -OCH3 is 1. The van der Waals surface area contributed by atoms with Gasteiger partial charge < -0.3 is 26.2 Å². The van der Waals surface area contributed by atoms with Gasteiger partial charge in [0.15, 0.2) is 0 Å². The summed E-state index contributed by atoms with van der Waals surface area (Å²) in [4.78, 5) is 36.9.